The van der Waals surface area contributed by atoms with Crippen molar-refractivity contribution in [2.75, 3.05) is 48.6 Å². The summed E-state index contributed by atoms with van der Waals surface area (Å²) >= 11 is 0. The zero-order chi connectivity index (χ0) is 20.1. The summed E-state index contributed by atoms with van der Waals surface area (Å²) in [5, 5.41) is 5.98. The Balaban J connectivity index is 1.68. The number of benzene rings is 2. The van der Waals surface area contributed by atoms with Crippen molar-refractivity contribution < 1.29 is 4.79 Å². The Hall–Kier alpha value is -3.61. The van der Waals surface area contributed by atoms with E-state index in [2.05, 4.69) is 20.6 Å². The van der Waals surface area contributed by atoms with E-state index in [9.17, 15) is 4.79 Å². The Morgan fingerprint density at radius 3 is 1.86 bits per heavy atom. The van der Waals surface area contributed by atoms with E-state index in [0.717, 1.165) is 17.1 Å². The maximum Gasteiger partial charge on any atom is 0.274 e. The number of rotatable bonds is 6. The minimum absolute atomic E-state index is 0.286. The maximum absolute atomic E-state index is 12.5. The standard InChI is InChI=1S/C21H24N6O/c1-26(2)17-9-5-15(6-10-17)23-20(28)19-13-14-22-21(25-19)24-16-7-11-18(12-8-16)27(3)4/h5-14H,1-4H3,(H,23,28)(H,22,24,25). The number of nitrogens with zero attached hydrogens (tertiary/aromatic N) is 4. The molecule has 3 rings (SSSR count). The first-order valence-electron chi connectivity index (χ1n) is 8.88. The van der Waals surface area contributed by atoms with Gasteiger partial charge in [-0.3, -0.25) is 4.79 Å². The van der Waals surface area contributed by atoms with Crippen LogP contribution in [0.3, 0.4) is 0 Å². The first kappa shape index (κ1) is 19.2. The lowest BCUT2D eigenvalue weighted by atomic mass is 10.2. The molecule has 0 atom stereocenters. The number of anilines is 5. The second-order valence-corrected chi connectivity index (χ2v) is 6.73. The molecular formula is C21H24N6O. The third-order valence-electron chi connectivity index (χ3n) is 4.17. The van der Waals surface area contributed by atoms with Crippen molar-refractivity contribution in [2.45, 2.75) is 0 Å². The van der Waals surface area contributed by atoms with Gasteiger partial charge in [0.05, 0.1) is 0 Å². The Kier molecular flexibility index (Phi) is 5.74. The Labute approximate surface area is 165 Å². The van der Waals surface area contributed by atoms with E-state index in [-0.39, 0.29) is 5.91 Å². The number of hydrogen-bond acceptors (Lipinski definition) is 6. The third-order valence-corrected chi connectivity index (χ3v) is 4.17. The zero-order valence-corrected chi connectivity index (χ0v) is 16.5. The summed E-state index contributed by atoms with van der Waals surface area (Å²) in [5.74, 6) is 0.0826. The molecule has 3 aromatic rings. The lowest BCUT2D eigenvalue weighted by molar-refractivity contribution is 0.102. The quantitative estimate of drug-likeness (QED) is 0.685. The third kappa shape index (κ3) is 4.76. The number of aromatic nitrogens is 2. The monoisotopic (exact) mass is 376 g/mol. The van der Waals surface area contributed by atoms with Crippen molar-refractivity contribution in [3.63, 3.8) is 0 Å². The van der Waals surface area contributed by atoms with Crippen LogP contribution in [0.1, 0.15) is 10.5 Å². The topological polar surface area (TPSA) is 73.4 Å². The highest BCUT2D eigenvalue weighted by molar-refractivity contribution is 6.03. The number of amides is 1. The lowest BCUT2D eigenvalue weighted by Gasteiger charge is -2.13. The van der Waals surface area contributed by atoms with Crippen molar-refractivity contribution in [3.05, 3.63) is 66.5 Å². The second-order valence-electron chi connectivity index (χ2n) is 6.73. The summed E-state index contributed by atoms with van der Waals surface area (Å²) in [5.41, 5.74) is 4.01. The molecule has 28 heavy (non-hydrogen) atoms. The van der Waals surface area contributed by atoms with Crippen LogP contribution in [-0.4, -0.2) is 44.1 Å². The fourth-order valence-electron chi connectivity index (χ4n) is 2.56. The lowest BCUT2D eigenvalue weighted by Crippen LogP contribution is -2.15. The number of carbonyl (C=O) groups excluding carboxylic acids is 1. The van der Waals surface area contributed by atoms with Gasteiger partial charge in [0.1, 0.15) is 5.69 Å². The first-order chi connectivity index (χ1) is 13.4. The molecule has 1 heterocycles. The Bertz CT molecular complexity index is 936. The summed E-state index contributed by atoms with van der Waals surface area (Å²) in [6.45, 7) is 0. The van der Waals surface area contributed by atoms with Crippen LogP contribution in [0.25, 0.3) is 0 Å². The van der Waals surface area contributed by atoms with Gasteiger partial charge in [-0.2, -0.15) is 0 Å². The van der Waals surface area contributed by atoms with Gasteiger partial charge < -0.3 is 20.4 Å². The van der Waals surface area contributed by atoms with Crippen LogP contribution in [-0.2, 0) is 0 Å². The molecule has 0 unspecified atom stereocenters. The minimum atomic E-state index is -0.286. The average molecular weight is 376 g/mol. The predicted molar refractivity (Wildman–Crippen MR) is 115 cm³/mol. The fraction of sp³-hybridized carbons (Fsp3) is 0.190. The minimum Gasteiger partial charge on any atom is -0.378 e. The molecule has 0 fully saturated rings. The van der Waals surface area contributed by atoms with Crippen molar-refractivity contribution in [2.24, 2.45) is 0 Å². The number of nitrogens with one attached hydrogen (secondary N) is 2. The van der Waals surface area contributed by atoms with E-state index >= 15 is 0 Å². The molecule has 1 amide bonds. The molecule has 2 N–H and O–H groups in total. The molecule has 0 spiro atoms. The SMILES string of the molecule is CN(C)c1ccc(NC(=O)c2ccnc(Nc3ccc(N(C)C)cc3)n2)cc1. The van der Waals surface area contributed by atoms with Gasteiger partial charge >= 0.3 is 0 Å². The highest BCUT2D eigenvalue weighted by atomic mass is 16.1. The largest absolute Gasteiger partial charge is 0.378 e. The summed E-state index contributed by atoms with van der Waals surface area (Å²) in [7, 11) is 7.91. The van der Waals surface area contributed by atoms with Crippen LogP contribution < -0.4 is 20.4 Å². The van der Waals surface area contributed by atoms with Crippen molar-refractivity contribution in [1.82, 2.24) is 9.97 Å². The second kappa shape index (κ2) is 8.39. The molecule has 0 aliphatic carbocycles. The van der Waals surface area contributed by atoms with Gasteiger partial charge in [0.2, 0.25) is 5.95 Å². The van der Waals surface area contributed by atoms with E-state index in [1.165, 1.54) is 0 Å². The normalized spacial score (nSPS) is 10.3. The van der Waals surface area contributed by atoms with Gasteiger partial charge in [0, 0.05) is 57.1 Å². The molecule has 0 aliphatic rings. The molecule has 2 aromatic carbocycles. The highest BCUT2D eigenvalue weighted by Crippen LogP contribution is 2.19. The van der Waals surface area contributed by atoms with Crippen LogP contribution >= 0.6 is 0 Å². The van der Waals surface area contributed by atoms with Crippen molar-refractivity contribution in [1.29, 1.82) is 0 Å². The van der Waals surface area contributed by atoms with E-state index in [1.807, 2.05) is 86.5 Å². The van der Waals surface area contributed by atoms with Crippen LogP contribution in [0.15, 0.2) is 60.8 Å². The van der Waals surface area contributed by atoms with Gasteiger partial charge in [0.15, 0.2) is 0 Å². The average Bonchev–Trinajstić information content (AvgIpc) is 2.69. The smallest absolute Gasteiger partial charge is 0.274 e. The van der Waals surface area contributed by atoms with Gasteiger partial charge in [-0.05, 0) is 54.6 Å². The highest BCUT2D eigenvalue weighted by Gasteiger charge is 2.10. The van der Waals surface area contributed by atoms with E-state index in [1.54, 1.807) is 12.3 Å². The molecule has 0 aliphatic heterocycles. The molecule has 144 valence electrons. The molecule has 1 aromatic heterocycles. The van der Waals surface area contributed by atoms with Crippen molar-refractivity contribution in [3.8, 4) is 0 Å². The predicted octanol–water partition coefficient (Wildman–Crippen LogP) is 3.60. The Morgan fingerprint density at radius 1 is 0.786 bits per heavy atom. The molecule has 0 bridgehead atoms. The Morgan fingerprint density at radius 2 is 1.32 bits per heavy atom. The number of carbonyl (C=O) groups is 1. The van der Waals surface area contributed by atoms with Gasteiger partial charge in [-0.25, -0.2) is 9.97 Å². The summed E-state index contributed by atoms with van der Waals surface area (Å²) in [6, 6.07) is 17.1. The molecule has 7 heteroatoms. The molecule has 0 saturated heterocycles. The van der Waals surface area contributed by atoms with Crippen LogP contribution in [0.2, 0.25) is 0 Å². The van der Waals surface area contributed by atoms with Crippen LogP contribution in [0.5, 0.6) is 0 Å². The van der Waals surface area contributed by atoms with Crippen LogP contribution in [0, 0.1) is 0 Å². The van der Waals surface area contributed by atoms with E-state index in [4.69, 9.17) is 0 Å². The van der Waals surface area contributed by atoms with Gasteiger partial charge in [0.25, 0.3) is 5.91 Å². The molecule has 7 nitrogen and oxygen atoms in total. The van der Waals surface area contributed by atoms with Crippen LogP contribution in [0.4, 0.5) is 28.7 Å². The first-order valence-corrected chi connectivity index (χ1v) is 8.88. The zero-order valence-electron chi connectivity index (χ0n) is 16.5. The molecule has 0 radical (unpaired) electrons. The van der Waals surface area contributed by atoms with E-state index in [0.29, 0.717) is 17.3 Å². The molecular weight excluding hydrogens is 352 g/mol. The summed E-state index contributed by atoms with van der Waals surface area (Å²) in [6.07, 6.45) is 1.56. The summed E-state index contributed by atoms with van der Waals surface area (Å²) in [4.78, 5) is 25.0. The molecule has 0 saturated carbocycles. The van der Waals surface area contributed by atoms with Gasteiger partial charge in [-0.1, -0.05) is 0 Å². The fourth-order valence-corrected chi connectivity index (χ4v) is 2.56. The summed E-state index contributed by atoms with van der Waals surface area (Å²) < 4.78 is 0. The van der Waals surface area contributed by atoms with Crippen molar-refractivity contribution >= 4 is 34.6 Å². The number of hydrogen-bond donors (Lipinski definition) is 2. The maximum atomic E-state index is 12.5. The van der Waals surface area contributed by atoms with E-state index < -0.39 is 0 Å². The van der Waals surface area contributed by atoms with Gasteiger partial charge in [-0.15, -0.1) is 0 Å².